The van der Waals surface area contributed by atoms with E-state index < -0.39 is 6.10 Å². The number of ether oxygens (including phenoxy) is 2. The fraction of sp³-hybridized carbons (Fsp3) is 0.375. The van der Waals surface area contributed by atoms with Crippen molar-refractivity contribution in [3.63, 3.8) is 0 Å². The van der Waals surface area contributed by atoms with Crippen molar-refractivity contribution in [3.8, 4) is 11.6 Å². The predicted molar refractivity (Wildman–Crippen MR) is 87.3 cm³/mol. The Balaban J connectivity index is 1.63. The molecule has 1 aliphatic heterocycles. The van der Waals surface area contributed by atoms with Crippen LogP contribution in [0.4, 0.5) is 5.82 Å². The Kier molecular flexibility index (Phi) is 4.83. The molecule has 2 aromatic rings. The molecule has 0 spiro atoms. The third-order valence-electron chi connectivity index (χ3n) is 3.78. The SMILES string of the molecule is COc1cc(N2CC[C@@H](Oc3ccc(Cl)cc3)[C@H](O)C2)ncn1. The summed E-state index contributed by atoms with van der Waals surface area (Å²) in [6.07, 6.45) is 1.28. The molecule has 1 saturated heterocycles. The van der Waals surface area contributed by atoms with Crippen LogP contribution in [-0.2, 0) is 0 Å². The lowest BCUT2D eigenvalue weighted by Gasteiger charge is -2.36. The average molecular weight is 336 g/mol. The number of hydrogen-bond acceptors (Lipinski definition) is 6. The Hall–Kier alpha value is -2.05. The predicted octanol–water partition coefficient (Wildman–Crippen LogP) is 2.16. The number of aliphatic hydroxyl groups is 1. The molecule has 0 radical (unpaired) electrons. The van der Waals surface area contributed by atoms with Crippen molar-refractivity contribution in [3.05, 3.63) is 41.7 Å². The topological polar surface area (TPSA) is 67.7 Å². The quantitative estimate of drug-likeness (QED) is 0.923. The Morgan fingerprint density at radius 2 is 2.04 bits per heavy atom. The molecule has 2 atom stereocenters. The number of β-amino-alcohol motifs (C(OH)–C–C–N with tert-alkyl or cyclic N) is 1. The van der Waals surface area contributed by atoms with Gasteiger partial charge in [-0.05, 0) is 24.3 Å². The van der Waals surface area contributed by atoms with E-state index in [9.17, 15) is 5.11 Å². The van der Waals surface area contributed by atoms with E-state index in [-0.39, 0.29) is 6.10 Å². The number of hydrogen-bond donors (Lipinski definition) is 1. The summed E-state index contributed by atoms with van der Waals surface area (Å²) >= 11 is 5.86. The number of piperidine rings is 1. The molecule has 0 amide bonds. The molecule has 122 valence electrons. The van der Waals surface area contributed by atoms with Gasteiger partial charge < -0.3 is 19.5 Å². The zero-order valence-corrected chi connectivity index (χ0v) is 13.5. The van der Waals surface area contributed by atoms with Crippen LogP contribution in [0.2, 0.25) is 5.02 Å². The first-order valence-corrected chi connectivity index (χ1v) is 7.75. The zero-order chi connectivity index (χ0) is 16.2. The van der Waals surface area contributed by atoms with Crippen LogP contribution in [0.25, 0.3) is 0 Å². The molecule has 23 heavy (non-hydrogen) atoms. The molecule has 0 aliphatic carbocycles. The lowest BCUT2D eigenvalue weighted by Crippen LogP contribution is -2.49. The third kappa shape index (κ3) is 3.83. The van der Waals surface area contributed by atoms with Crippen molar-refractivity contribution in [2.45, 2.75) is 18.6 Å². The molecule has 6 nitrogen and oxygen atoms in total. The minimum absolute atomic E-state index is 0.254. The van der Waals surface area contributed by atoms with Crippen molar-refractivity contribution in [1.82, 2.24) is 9.97 Å². The molecular formula is C16H18ClN3O3. The van der Waals surface area contributed by atoms with Crippen molar-refractivity contribution >= 4 is 17.4 Å². The molecular weight excluding hydrogens is 318 g/mol. The molecule has 0 bridgehead atoms. The van der Waals surface area contributed by atoms with E-state index in [2.05, 4.69) is 9.97 Å². The van der Waals surface area contributed by atoms with Crippen molar-refractivity contribution in [2.24, 2.45) is 0 Å². The van der Waals surface area contributed by atoms with E-state index in [4.69, 9.17) is 21.1 Å². The van der Waals surface area contributed by atoms with Gasteiger partial charge >= 0.3 is 0 Å². The van der Waals surface area contributed by atoms with Crippen LogP contribution in [0.15, 0.2) is 36.7 Å². The first-order chi connectivity index (χ1) is 11.2. The van der Waals surface area contributed by atoms with Crippen LogP contribution < -0.4 is 14.4 Å². The van der Waals surface area contributed by atoms with Gasteiger partial charge in [0.25, 0.3) is 0 Å². The van der Waals surface area contributed by atoms with Gasteiger partial charge in [-0.1, -0.05) is 11.6 Å². The molecule has 0 unspecified atom stereocenters. The monoisotopic (exact) mass is 335 g/mol. The van der Waals surface area contributed by atoms with Gasteiger partial charge in [-0.15, -0.1) is 0 Å². The second kappa shape index (κ2) is 7.02. The lowest BCUT2D eigenvalue weighted by atomic mass is 10.0. The van der Waals surface area contributed by atoms with Crippen LogP contribution in [0.1, 0.15) is 6.42 Å². The van der Waals surface area contributed by atoms with E-state index in [0.29, 0.717) is 29.6 Å². The molecule has 1 aliphatic rings. The van der Waals surface area contributed by atoms with Gasteiger partial charge in [-0.2, -0.15) is 0 Å². The van der Waals surface area contributed by atoms with Crippen molar-refractivity contribution in [2.75, 3.05) is 25.1 Å². The summed E-state index contributed by atoms with van der Waals surface area (Å²) in [6.45, 7) is 1.17. The molecule has 1 N–H and O–H groups in total. The highest BCUT2D eigenvalue weighted by atomic mass is 35.5. The second-order valence-corrected chi connectivity index (χ2v) is 5.77. The van der Waals surface area contributed by atoms with Gasteiger partial charge in [0, 0.05) is 30.6 Å². The number of halogens is 1. The smallest absolute Gasteiger partial charge is 0.218 e. The van der Waals surface area contributed by atoms with Gasteiger partial charge in [-0.25, -0.2) is 9.97 Å². The molecule has 2 heterocycles. The normalized spacial score (nSPS) is 21.1. The van der Waals surface area contributed by atoms with Crippen molar-refractivity contribution < 1.29 is 14.6 Å². The second-order valence-electron chi connectivity index (χ2n) is 5.33. The summed E-state index contributed by atoms with van der Waals surface area (Å²) in [7, 11) is 1.56. The number of aliphatic hydroxyl groups excluding tert-OH is 1. The Bertz CT molecular complexity index is 653. The van der Waals surface area contributed by atoms with Gasteiger partial charge in [-0.3, -0.25) is 0 Å². The maximum atomic E-state index is 10.4. The van der Waals surface area contributed by atoms with E-state index in [0.717, 1.165) is 12.4 Å². The van der Waals surface area contributed by atoms with Gasteiger partial charge in [0.1, 0.15) is 30.1 Å². The molecule has 0 saturated carbocycles. The van der Waals surface area contributed by atoms with Crippen molar-refractivity contribution in [1.29, 1.82) is 0 Å². The fourth-order valence-electron chi connectivity index (χ4n) is 2.56. The van der Waals surface area contributed by atoms with Crippen LogP contribution in [0.5, 0.6) is 11.6 Å². The van der Waals surface area contributed by atoms with Crippen LogP contribution >= 0.6 is 11.6 Å². The van der Waals surface area contributed by atoms with Gasteiger partial charge in [0.2, 0.25) is 5.88 Å². The third-order valence-corrected chi connectivity index (χ3v) is 4.03. The number of rotatable bonds is 4. The summed E-state index contributed by atoms with van der Waals surface area (Å²) in [6, 6.07) is 8.90. The standard InChI is InChI=1S/C16H18ClN3O3/c1-22-16-8-15(18-10-19-16)20-7-6-14(13(21)9-20)23-12-4-2-11(17)3-5-12/h2-5,8,10,13-14,21H,6-7,9H2,1H3/t13-,14-/m1/s1. The zero-order valence-electron chi connectivity index (χ0n) is 12.7. The van der Waals surface area contributed by atoms with E-state index >= 15 is 0 Å². The van der Waals surface area contributed by atoms with Crippen LogP contribution in [0.3, 0.4) is 0 Å². The van der Waals surface area contributed by atoms with E-state index in [1.807, 2.05) is 4.90 Å². The lowest BCUT2D eigenvalue weighted by molar-refractivity contribution is 0.0240. The first kappa shape index (κ1) is 15.8. The highest BCUT2D eigenvalue weighted by Gasteiger charge is 2.30. The number of aromatic nitrogens is 2. The van der Waals surface area contributed by atoms with Gasteiger partial charge in [0.15, 0.2) is 0 Å². The minimum Gasteiger partial charge on any atom is -0.488 e. The number of anilines is 1. The average Bonchev–Trinajstić information content (AvgIpc) is 2.58. The Morgan fingerprint density at radius 3 is 2.74 bits per heavy atom. The first-order valence-electron chi connectivity index (χ1n) is 7.37. The van der Waals surface area contributed by atoms with Crippen LogP contribution in [-0.4, -0.2) is 47.5 Å². The number of methoxy groups -OCH3 is 1. The number of benzene rings is 1. The number of nitrogens with zero attached hydrogens (tertiary/aromatic N) is 3. The molecule has 7 heteroatoms. The Labute approximate surface area is 139 Å². The molecule has 3 rings (SSSR count). The summed E-state index contributed by atoms with van der Waals surface area (Å²) < 4.78 is 11.0. The van der Waals surface area contributed by atoms with Gasteiger partial charge in [0.05, 0.1) is 7.11 Å². The summed E-state index contributed by atoms with van der Waals surface area (Å²) in [5.41, 5.74) is 0. The largest absolute Gasteiger partial charge is 0.488 e. The van der Waals surface area contributed by atoms with E-state index in [1.54, 1.807) is 37.4 Å². The maximum absolute atomic E-state index is 10.4. The summed E-state index contributed by atoms with van der Waals surface area (Å²) in [5.74, 6) is 1.94. The molecule has 1 aromatic carbocycles. The highest BCUT2D eigenvalue weighted by molar-refractivity contribution is 6.30. The fourth-order valence-corrected chi connectivity index (χ4v) is 2.68. The summed E-state index contributed by atoms with van der Waals surface area (Å²) in [4.78, 5) is 10.2. The Morgan fingerprint density at radius 1 is 1.26 bits per heavy atom. The molecule has 1 fully saturated rings. The minimum atomic E-state index is -0.611. The maximum Gasteiger partial charge on any atom is 0.218 e. The molecule has 1 aromatic heterocycles. The summed E-state index contributed by atoms with van der Waals surface area (Å²) in [5, 5.41) is 11.0. The highest BCUT2D eigenvalue weighted by Crippen LogP contribution is 2.24. The van der Waals surface area contributed by atoms with Crippen LogP contribution in [0, 0.1) is 0 Å². The van der Waals surface area contributed by atoms with E-state index in [1.165, 1.54) is 6.33 Å².